The Morgan fingerprint density at radius 1 is 1.00 bits per heavy atom. The van der Waals surface area contributed by atoms with E-state index in [1.807, 2.05) is 62.4 Å². The number of halogens is 1. The fourth-order valence-electron chi connectivity index (χ4n) is 3.22. The number of carboxylic acid groups (broad SMARTS) is 2. The van der Waals surface area contributed by atoms with Gasteiger partial charge in [-0.3, -0.25) is 4.90 Å². The number of carbonyl (C=O) groups is 2. The largest absolute Gasteiger partial charge is 0.480 e. The number of nitrogens with zero attached hydrogens (tertiary/aromatic N) is 1. The molecule has 1 atom stereocenters. The Hall–Kier alpha value is -2.53. The molecule has 0 aliphatic rings. The molecule has 150 valence electrons. The van der Waals surface area contributed by atoms with Gasteiger partial charge in [0.15, 0.2) is 0 Å². The number of benzene rings is 2. The van der Waals surface area contributed by atoms with Crippen LogP contribution in [0.25, 0.3) is 0 Å². The van der Waals surface area contributed by atoms with Gasteiger partial charge in [-0.25, -0.2) is 9.59 Å². The third kappa shape index (κ3) is 6.57. The van der Waals surface area contributed by atoms with Crippen molar-refractivity contribution < 1.29 is 19.8 Å². The van der Waals surface area contributed by atoms with Crippen molar-refractivity contribution in [1.29, 1.82) is 0 Å². The van der Waals surface area contributed by atoms with Crippen LogP contribution in [0.3, 0.4) is 0 Å². The quantitative estimate of drug-likeness (QED) is 0.620. The van der Waals surface area contributed by atoms with E-state index in [0.717, 1.165) is 28.0 Å². The molecule has 28 heavy (non-hydrogen) atoms. The molecule has 0 aliphatic heterocycles. The van der Waals surface area contributed by atoms with E-state index in [4.69, 9.17) is 11.6 Å². The van der Waals surface area contributed by atoms with E-state index in [1.165, 1.54) is 0 Å². The average Bonchev–Trinajstić information content (AvgIpc) is 2.60. The third-order valence-corrected chi connectivity index (χ3v) is 4.77. The van der Waals surface area contributed by atoms with Crippen molar-refractivity contribution in [2.75, 3.05) is 6.54 Å². The summed E-state index contributed by atoms with van der Waals surface area (Å²) >= 11 is 6.04. The Bertz CT molecular complexity index is 822. The highest BCUT2D eigenvalue weighted by molar-refractivity contribution is 6.30. The molecule has 0 saturated carbocycles. The predicted molar refractivity (Wildman–Crippen MR) is 110 cm³/mol. The van der Waals surface area contributed by atoms with E-state index in [-0.39, 0.29) is 18.9 Å². The summed E-state index contributed by atoms with van der Waals surface area (Å²) in [6.07, 6.45) is 0.263. The monoisotopic (exact) mass is 403 g/mol. The molecule has 2 rings (SSSR count). The lowest BCUT2D eigenvalue weighted by Crippen LogP contribution is -2.46. The maximum absolute atomic E-state index is 11.6. The van der Waals surface area contributed by atoms with Gasteiger partial charge in [-0.05, 0) is 54.0 Å². The lowest BCUT2D eigenvalue weighted by Gasteiger charge is -2.27. The number of carboxylic acids is 1. The zero-order chi connectivity index (χ0) is 20.7. The van der Waals surface area contributed by atoms with Gasteiger partial charge >= 0.3 is 12.1 Å². The average molecular weight is 404 g/mol. The zero-order valence-electron chi connectivity index (χ0n) is 16.1. The molecule has 0 bridgehead atoms. The first kappa shape index (κ1) is 21.8. The molecule has 5 nitrogen and oxygen atoms in total. The molecule has 1 unspecified atom stereocenters. The predicted octanol–water partition coefficient (Wildman–Crippen LogP) is 4.95. The molecule has 2 aromatic carbocycles. The van der Waals surface area contributed by atoms with Gasteiger partial charge in [-0.2, -0.15) is 0 Å². The highest BCUT2D eigenvalue weighted by atomic mass is 35.5. The van der Waals surface area contributed by atoms with Crippen molar-refractivity contribution in [1.82, 2.24) is 4.90 Å². The van der Waals surface area contributed by atoms with E-state index < -0.39 is 18.1 Å². The lowest BCUT2D eigenvalue weighted by molar-refractivity contribution is -0.143. The van der Waals surface area contributed by atoms with Crippen molar-refractivity contribution in [3.63, 3.8) is 0 Å². The van der Waals surface area contributed by atoms with E-state index in [1.54, 1.807) is 0 Å². The van der Waals surface area contributed by atoms with Gasteiger partial charge in [-0.1, -0.05) is 61.8 Å². The van der Waals surface area contributed by atoms with Crippen molar-refractivity contribution >= 4 is 23.7 Å². The number of hydrogen-bond donors (Lipinski definition) is 2. The fourth-order valence-corrected chi connectivity index (χ4v) is 3.43. The minimum absolute atomic E-state index is 0.0870. The summed E-state index contributed by atoms with van der Waals surface area (Å²) in [6.45, 7) is 3.91. The first-order chi connectivity index (χ1) is 13.3. The highest BCUT2D eigenvalue weighted by Crippen LogP contribution is 2.17. The molecule has 6 heteroatoms. The maximum Gasteiger partial charge on any atom is 0.408 e. The second-order valence-electron chi connectivity index (χ2n) is 7.34. The van der Waals surface area contributed by atoms with E-state index >= 15 is 0 Å². The maximum atomic E-state index is 11.6. The van der Waals surface area contributed by atoms with Crippen LogP contribution in [0.2, 0.25) is 5.02 Å². The topological polar surface area (TPSA) is 77.8 Å². The normalized spacial score (nSPS) is 12.0. The summed E-state index contributed by atoms with van der Waals surface area (Å²) in [5.74, 6) is -1.02. The molecule has 1 amide bonds. The first-order valence-corrected chi connectivity index (χ1v) is 9.68. The molecule has 0 radical (unpaired) electrons. The van der Waals surface area contributed by atoms with Gasteiger partial charge in [0.2, 0.25) is 0 Å². The Balaban J connectivity index is 2.09. The SMILES string of the molecule is CC(C)CC(C(=O)O)N(CCc1cccc(Cc2cccc(Cl)c2)c1)C(=O)O. The third-order valence-electron chi connectivity index (χ3n) is 4.53. The molecule has 0 aliphatic carbocycles. The zero-order valence-corrected chi connectivity index (χ0v) is 16.9. The van der Waals surface area contributed by atoms with Crippen LogP contribution in [-0.4, -0.2) is 39.8 Å². The van der Waals surface area contributed by atoms with Crippen LogP contribution in [0, 0.1) is 5.92 Å². The molecular formula is C22H26ClNO4. The van der Waals surface area contributed by atoms with Gasteiger partial charge in [0.25, 0.3) is 0 Å². The summed E-state index contributed by atoms with van der Waals surface area (Å²) in [5.41, 5.74) is 3.16. The summed E-state index contributed by atoms with van der Waals surface area (Å²) in [4.78, 5) is 24.2. The molecule has 0 fully saturated rings. The Kier molecular flexibility index (Phi) is 7.88. The van der Waals surface area contributed by atoms with E-state index in [9.17, 15) is 19.8 Å². The van der Waals surface area contributed by atoms with Crippen molar-refractivity contribution in [2.45, 2.75) is 39.2 Å². The highest BCUT2D eigenvalue weighted by Gasteiger charge is 2.29. The molecule has 2 N–H and O–H groups in total. The van der Waals surface area contributed by atoms with Gasteiger partial charge in [-0.15, -0.1) is 0 Å². The van der Waals surface area contributed by atoms with Crippen LogP contribution in [-0.2, 0) is 17.6 Å². The van der Waals surface area contributed by atoms with Crippen LogP contribution in [0.5, 0.6) is 0 Å². The summed E-state index contributed by atoms with van der Waals surface area (Å²) < 4.78 is 0. The van der Waals surface area contributed by atoms with Gasteiger partial charge in [0, 0.05) is 11.6 Å². The number of hydrogen-bond acceptors (Lipinski definition) is 2. The molecular weight excluding hydrogens is 378 g/mol. The second-order valence-corrected chi connectivity index (χ2v) is 7.77. The molecule has 0 heterocycles. The number of rotatable bonds is 9. The summed E-state index contributed by atoms with van der Waals surface area (Å²) in [5, 5.41) is 19.7. The van der Waals surface area contributed by atoms with Crippen molar-refractivity contribution in [3.05, 3.63) is 70.2 Å². The number of amides is 1. The van der Waals surface area contributed by atoms with E-state index in [0.29, 0.717) is 11.4 Å². The van der Waals surface area contributed by atoms with Crippen molar-refractivity contribution in [2.24, 2.45) is 5.92 Å². The minimum atomic E-state index is -1.21. The van der Waals surface area contributed by atoms with Crippen LogP contribution >= 0.6 is 11.6 Å². The van der Waals surface area contributed by atoms with Crippen LogP contribution < -0.4 is 0 Å². The Morgan fingerprint density at radius 2 is 1.61 bits per heavy atom. The Morgan fingerprint density at radius 3 is 2.18 bits per heavy atom. The van der Waals surface area contributed by atoms with E-state index in [2.05, 4.69) is 0 Å². The molecule has 0 spiro atoms. The second kappa shape index (κ2) is 10.1. The van der Waals surface area contributed by atoms with Crippen molar-refractivity contribution in [3.8, 4) is 0 Å². The Labute approximate surface area is 170 Å². The summed E-state index contributed by atoms with van der Waals surface area (Å²) in [7, 11) is 0. The molecule has 0 aromatic heterocycles. The fraction of sp³-hybridized carbons (Fsp3) is 0.364. The molecule has 0 saturated heterocycles. The van der Waals surface area contributed by atoms with Crippen LogP contribution in [0.1, 0.15) is 37.0 Å². The smallest absolute Gasteiger partial charge is 0.408 e. The minimum Gasteiger partial charge on any atom is -0.480 e. The lowest BCUT2D eigenvalue weighted by atomic mass is 10.0. The first-order valence-electron chi connectivity index (χ1n) is 9.31. The van der Waals surface area contributed by atoms with Gasteiger partial charge in [0.1, 0.15) is 6.04 Å². The number of aliphatic carboxylic acids is 1. The van der Waals surface area contributed by atoms with Crippen LogP contribution in [0.15, 0.2) is 48.5 Å². The van der Waals surface area contributed by atoms with Crippen LogP contribution in [0.4, 0.5) is 4.79 Å². The summed E-state index contributed by atoms with van der Waals surface area (Å²) in [6, 6.07) is 14.5. The standard InChI is InChI=1S/C22H26ClNO4/c1-15(2)11-20(21(25)26)24(22(27)28)10-9-16-5-3-6-17(12-16)13-18-7-4-8-19(23)14-18/h3-8,12,14-15,20H,9-11,13H2,1-2H3,(H,25,26)(H,27,28). The van der Waals surface area contributed by atoms with Gasteiger partial charge < -0.3 is 10.2 Å². The van der Waals surface area contributed by atoms with Gasteiger partial charge in [0.05, 0.1) is 0 Å². The molecule has 2 aromatic rings.